The molecule has 3 rings (SSSR count). The van der Waals surface area contributed by atoms with Crippen LogP contribution in [0.15, 0.2) is 42.5 Å². The second kappa shape index (κ2) is 6.43. The maximum Gasteiger partial charge on any atom is 0.268 e. The minimum Gasteiger partial charge on any atom is -0.495 e. The third kappa shape index (κ3) is 2.89. The fourth-order valence-electron chi connectivity index (χ4n) is 3.02. The van der Waals surface area contributed by atoms with Crippen LogP contribution in [0.5, 0.6) is 11.5 Å². The Balaban J connectivity index is 1.89. The lowest BCUT2D eigenvalue weighted by Crippen LogP contribution is -2.49. The number of benzene rings is 2. The second-order valence-electron chi connectivity index (χ2n) is 6.16. The van der Waals surface area contributed by atoms with Gasteiger partial charge in [0, 0.05) is 12.5 Å². The van der Waals surface area contributed by atoms with Gasteiger partial charge in [0.05, 0.1) is 18.5 Å². The van der Waals surface area contributed by atoms with Crippen molar-refractivity contribution in [2.75, 3.05) is 17.7 Å². The number of fused-ring (bicyclic) bond motifs is 1. The van der Waals surface area contributed by atoms with Crippen molar-refractivity contribution < 1.29 is 14.3 Å². The van der Waals surface area contributed by atoms with E-state index in [0.717, 1.165) is 17.0 Å². The van der Waals surface area contributed by atoms with E-state index in [1.54, 1.807) is 12.0 Å². The van der Waals surface area contributed by atoms with Gasteiger partial charge in [-0.3, -0.25) is 4.79 Å². The van der Waals surface area contributed by atoms with Crippen LogP contribution in [0.1, 0.15) is 19.4 Å². The number of nitrogens with two attached hydrogens (primary N) is 1. The van der Waals surface area contributed by atoms with E-state index in [0.29, 0.717) is 17.9 Å². The summed E-state index contributed by atoms with van der Waals surface area (Å²) in [6.45, 7) is 4.00. The van der Waals surface area contributed by atoms with Crippen molar-refractivity contribution >= 4 is 17.3 Å². The normalized spacial score (nSPS) is 16.8. The molecule has 126 valence electrons. The number of anilines is 2. The van der Waals surface area contributed by atoms with E-state index in [4.69, 9.17) is 15.2 Å². The first-order chi connectivity index (χ1) is 11.5. The fourth-order valence-corrected chi connectivity index (χ4v) is 3.02. The molecule has 5 nitrogen and oxygen atoms in total. The van der Waals surface area contributed by atoms with Gasteiger partial charge in [0.25, 0.3) is 5.91 Å². The molecule has 5 heteroatoms. The topological polar surface area (TPSA) is 64.8 Å². The number of carbonyl (C=O) groups is 1. The monoisotopic (exact) mass is 326 g/mol. The second-order valence-corrected chi connectivity index (χ2v) is 6.16. The van der Waals surface area contributed by atoms with Crippen molar-refractivity contribution in [3.63, 3.8) is 0 Å². The molecule has 24 heavy (non-hydrogen) atoms. The van der Waals surface area contributed by atoms with Gasteiger partial charge in [-0.1, -0.05) is 18.2 Å². The molecule has 1 atom stereocenters. The highest BCUT2D eigenvalue weighted by Gasteiger charge is 2.35. The Morgan fingerprint density at radius 2 is 2.00 bits per heavy atom. The van der Waals surface area contributed by atoms with Gasteiger partial charge in [0.2, 0.25) is 0 Å². The molecule has 0 spiro atoms. The molecule has 0 fully saturated rings. The zero-order chi connectivity index (χ0) is 17.3. The lowest BCUT2D eigenvalue weighted by Gasteiger charge is -2.36. The summed E-state index contributed by atoms with van der Waals surface area (Å²) in [7, 11) is 1.58. The zero-order valence-electron chi connectivity index (χ0n) is 14.2. The Bertz CT molecular complexity index is 758. The molecule has 0 radical (unpaired) electrons. The summed E-state index contributed by atoms with van der Waals surface area (Å²) in [4.78, 5) is 14.7. The Morgan fingerprint density at radius 1 is 1.25 bits per heavy atom. The van der Waals surface area contributed by atoms with Crippen molar-refractivity contribution in [3.05, 3.63) is 48.0 Å². The summed E-state index contributed by atoms with van der Waals surface area (Å²) in [6, 6.07) is 13.2. The van der Waals surface area contributed by atoms with E-state index in [-0.39, 0.29) is 11.9 Å². The summed E-state index contributed by atoms with van der Waals surface area (Å²) in [5.41, 5.74) is 8.28. The van der Waals surface area contributed by atoms with Crippen LogP contribution in [0.3, 0.4) is 0 Å². The number of ether oxygens (including phenoxy) is 2. The molecule has 0 aromatic heterocycles. The summed E-state index contributed by atoms with van der Waals surface area (Å²) in [6.07, 6.45) is -0.0972. The molecule has 1 amide bonds. The van der Waals surface area contributed by atoms with E-state index < -0.39 is 6.10 Å². The van der Waals surface area contributed by atoms with Crippen LogP contribution in [0, 0.1) is 0 Å². The average Bonchev–Trinajstić information content (AvgIpc) is 2.55. The van der Waals surface area contributed by atoms with Gasteiger partial charge in [-0.05, 0) is 43.7 Å². The number of amides is 1. The lowest BCUT2D eigenvalue weighted by molar-refractivity contribution is -0.126. The van der Waals surface area contributed by atoms with Crippen LogP contribution in [0.4, 0.5) is 11.4 Å². The molecule has 2 N–H and O–H groups in total. The highest BCUT2D eigenvalue weighted by atomic mass is 16.5. The first kappa shape index (κ1) is 16.2. The molecule has 0 bridgehead atoms. The minimum atomic E-state index is -0.560. The Kier molecular flexibility index (Phi) is 4.34. The van der Waals surface area contributed by atoms with Gasteiger partial charge >= 0.3 is 0 Å². The third-order valence-electron chi connectivity index (χ3n) is 4.14. The maximum absolute atomic E-state index is 12.9. The molecule has 0 aliphatic carbocycles. The number of rotatable bonds is 4. The summed E-state index contributed by atoms with van der Waals surface area (Å²) in [5, 5.41) is 0. The van der Waals surface area contributed by atoms with Gasteiger partial charge in [0.1, 0.15) is 11.5 Å². The Labute approximate surface area is 142 Å². The number of hydrogen-bond acceptors (Lipinski definition) is 4. The highest BCUT2D eigenvalue weighted by Crippen LogP contribution is 2.36. The van der Waals surface area contributed by atoms with E-state index in [2.05, 4.69) is 0 Å². The van der Waals surface area contributed by atoms with Crippen LogP contribution in [0.2, 0.25) is 0 Å². The van der Waals surface area contributed by atoms with Crippen molar-refractivity contribution in [3.8, 4) is 11.5 Å². The average molecular weight is 326 g/mol. The third-order valence-corrected chi connectivity index (χ3v) is 4.14. The van der Waals surface area contributed by atoms with Crippen molar-refractivity contribution in [1.82, 2.24) is 0 Å². The first-order valence-electron chi connectivity index (χ1n) is 8.02. The molecular formula is C19H22N2O3. The van der Waals surface area contributed by atoms with Crippen molar-refractivity contribution in [2.45, 2.75) is 32.4 Å². The highest BCUT2D eigenvalue weighted by molar-refractivity contribution is 6.00. The van der Waals surface area contributed by atoms with Crippen LogP contribution < -0.4 is 20.1 Å². The smallest absolute Gasteiger partial charge is 0.268 e. The van der Waals surface area contributed by atoms with E-state index in [1.165, 1.54) is 0 Å². The number of methoxy groups -OCH3 is 1. The van der Waals surface area contributed by atoms with Crippen LogP contribution in [-0.4, -0.2) is 25.2 Å². The molecule has 2 aromatic carbocycles. The number of hydrogen-bond donors (Lipinski definition) is 1. The predicted molar refractivity (Wildman–Crippen MR) is 94.6 cm³/mol. The fraction of sp³-hybridized carbons (Fsp3) is 0.316. The van der Waals surface area contributed by atoms with E-state index >= 15 is 0 Å². The number of nitrogens with zero attached hydrogens (tertiary/aromatic N) is 1. The predicted octanol–water partition coefficient (Wildman–Crippen LogP) is 3.02. The SMILES string of the molecule is COc1ccc(CC2Oc3ccccc3N(C(C)C)C2=O)cc1N. The standard InChI is InChI=1S/C19H22N2O3/c1-12(2)21-15-6-4-5-7-17(15)24-18(19(21)22)11-13-8-9-16(23-3)14(20)10-13/h4-10,12,18H,11,20H2,1-3H3. The number of para-hydroxylation sites is 2. The van der Waals surface area contributed by atoms with E-state index in [1.807, 2.05) is 56.3 Å². The minimum absolute atomic E-state index is 0.0295. The molecule has 1 aliphatic heterocycles. The molecule has 0 saturated heterocycles. The van der Waals surface area contributed by atoms with Gasteiger partial charge in [-0.25, -0.2) is 0 Å². The van der Waals surface area contributed by atoms with E-state index in [9.17, 15) is 4.79 Å². The van der Waals surface area contributed by atoms with Crippen LogP contribution >= 0.6 is 0 Å². The summed E-state index contributed by atoms with van der Waals surface area (Å²) in [5.74, 6) is 1.33. The zero-order valence-corrected chi connectivity index (χ0v) is 14.2. The summed E-state index contributed by atoms with van der Waals surface area (Å²) < 4.78 is 11.1. The van der Waals surface area contributed by atoms with Crippen molar-refractivity contribution in [2.24, 2.45) is 0 Å². The Morgan fingerprint density at radius 3 is 2.67 bits per heavy atom. The summed E-state index contributed by atoms with van der Waals surface area (Å²) >= 11 is 0. The molecule has 1 unspecified atom stereocenters. The van der Waals surface area contributed by atoms with Crippen LogP contribution in [0.25, 0.3) is 0 Å². The number of nitrogen functional groups attached to an aromatic ring is 1. The first-order valence-corrected chi connectivity index (χ1v) is 8.02. The number of carbonyl (C=O) groups excluding carboxylic acids is 1. The van der Waals surface area contributed by atoms with Gasteiger partial charge in [-0.15, -0.1) is 0 Å². The van der Waals surface area contributed by atoms with Gasteiger partial charge in [-0.2, -0.15) is 0 Å². The van der Waals surface area contributed by atoms with Crippen LogP contribution in [-0.2, 0) is 11.2 Å². The lowest BCUT2D eigenvalue weighted by atomic mass is 10.0. The Hall–Kier alpha value is -2.69. The van der Waals surface area contributed by atoms with Gasteiger partial charge < -0.3 is 20.1 Å². The molecular weight excluding hydrogens is 304 g/mol. The van der Waals surface area contributed by atoms with Crippen molar-refractivity contribution in [1.29, 1.82) is 0 Å². The van der Waals surface area contributed by atoms with Gasteiger partial charge in [0.15, 0.2) is 6.10 Å². The molecule has 2 aromatic rings. The maximum atomic E-state index is 12.9. The largest absolute Gasteiger partial charge is 0.495 e. The molecule has 0 saturated carbocycles. The quantitative estimate of drug-likeness (QED) is 0.877. The molecule has 1 aliphatic rings. The molecule has 1 heterocycles.